The molecule has 0 radical (unpaired) electrons. The molecule has 178 valence electrons. The van der Waals surface area contributed by atoms with Crippen LogP contribution in [0.15, 0.2) is 65.0 Å². The third-order valence-electron chi connectivity index (χ3n) is 7.07. The molecule has 2 aliphatic carbocycles. The van der Waals surface area contributed by atoms with Crippen LogP contribution in [0.4, 0.5) is 5.69 Å². The summed E-state index contributed by atoms with van der Waals surface area (Å²) in [6, 6.07) is 12.0. The average Bonchev–Trinajstić information content (AvgIpc) is 3.66. The van der Waals surface area contributed by atoms with Crippen molar-refractivity contribution < 1.29 is 4.79 Å². The maximum atomic E-state index is 12.0. The second-order valence-electron chi connectivity index (χ2n) is 9.56. The van der Waals surface area contributed by atoms with Gasteiger partial charge < -0.3 is 5.32 Å². The van der Waals surface area contributed by atoms with Crippen molar-refractivity contribution >= 4 is 45.2 Å². The Morgan fingerprint density at radius 2 is 1.72 bits per heavy atom. The number of rotatable bonds is 5. The highest BCUT2D eigenvalue weighted by molar-refractivity contribution is 7.99. The number of fused-ring (bicyclic) bond motifs is 5. The van der Waals surface area contributed by atoms with E-state index in [-0.39, 0.29) is 11.8 Å². The third-order valence-corrected chi connectivity index (χ3v) is 7.97. The lowest BCUT2D eigenvalue weighted by molar-refractivity contribution is -0.117. The first-order valence-electron chi connectivity index (χ1n) is 12.4. The van der Waals surface area contributed by atoms with Gasteiger partial charge >= 0.3 is 0 Å². The van der Waals surface area contributed by atoms with E-state index in [2.05, 4.69) is 37.6 Å². The van der Waals surface area contributed by atoms with Gasteiger partial charge in [-0.15, -0.1) is 0 Å². The maximum absolute atomic E-state index is 12.0. The maximum Gasteiger partial charge on any atom is 0.227 e. The molecule has 0 spiro atoms. The Morgan fingerprint density at radius 3 is 2.50 bits per heavy atom. The van der Waals surface area contributed by atoms with Crippen LogP contribution in [0, 0.1) is 5.92 Å². The molecular weight excluding hydrogens is 468 g/mol. The molecule has 1 saturated carbocycles. The van der Waals surface area contributed by atoms with Crippen LogP contribution in [-0.4, -0.2) is 31.1 Å². The Balaban J connectivity index is 1.17. The molecule has 0 bridgehead atoms. The Morgan fingerprint density at radius 1 is 0.944 bits per heavy atom. The van der Waals surface area contributed by atoms with Crippen LogP contribution in [0.1, 0.15) is 36.8 Å². The standard InChI is InChI=1S/C28H24N6OS/c35-27(16-5-6-16)32-18-7-9-19(10-8-18)36-28-29-13-17(14-30-28)26-21-4-2-1-3-20(21)25-22-15-31-34-23(22)11-12-24(25)33-26/h7-16H,1-6H2,(H,31,34)(H,32,35). The number of aromatic nitrogens is 5. The number of hydrogen-bond donors (Lipinski definition) is 2. The molecule has 5 aromatic rings. The number of hydrogen-bond acceptors (Lipinski definition) is 6. The fraction of sp³-hybridized carbons (Fsp3) is 0.250. The van der Waals surface area contributed by atoms with Gasteiger partial charge in [0.15, 0.2) is 5.16 Å². The smallest absolute Gasteiger partial charge is 0.227 e. The molecule has 1 fully saturated rings. The van der Waals surface area contributed by atoms with E-state index in [0.717, 1.165) is 63.9 Å². The van der Waals surface area contributed by atoms with E-state index in [0.29, 0.717) is 5.16 Å². The number of aryl methyl sites for hydroxylation is 1. The summed E-state index contributed by atoms with van der Waals surface area (Å²) in [7, 11) is 0. The van der Waals surface area contributed by atoms with E-state index >= 15 is 0 Å². The number of benzene rings is 2. The first-order chi connectivity index (χ1) is 17.7. The van der Waals surface area contributed by atoms with Gasteiger partial charge in [0.2, 0.25) is 5.91 Å². The molecule has 2 aliphatic rings. The van der Waals surface area contributed by atoms with Crippen LogP contribution in [0.2, 0.25) is 0 Å². The molecule has 8 heteroatoms. The van der Waals surface area contributed by atoms with Crippen LogP contribution in [0.3, 0.4) is 0 Å². The van der Waals surface area contributed by atoms with E-state index in [1.54, 1.807) is 0 Å². The average molecular weight is 493 g/mol. The van der Waals surface area contributed by atoms with Gasteiger partial charge in [0, 0.05) is 45.2 Å². The zero-order chi connectivity index (χ0) is 24.1. The molecule has 0 unspecified atom stereocenters. The number of anilines is 1. The molecule has 7 rings (SSSR count). The summed E-state index contributed by atoms with van der Waals surface area (Å²) in [4.78, 5) is 27.4. The van der Waals surface area contributed by atoms with Crippen LogP contribution < -0.4 is 5.32 Å². The van der Waals surface area contributed by atoms with Gasteiger partial charge in [-0.25, -0.2) is 15.0 Å². The van der Waals surface area contributed by atoms with Gasteiger partial charge in [0.25, 0.3) is 0 Å². The lowest BCUT2D eigenvalue weighted by atomic mass is 9.86. The molecule has 7 nitrogen and oxygen atoms in total. The van der Waals surface area contributed by atoms with E-state index in [1.165, 1.54) is 41.1 Å². The van der Waals surface area contributed by atoms with Crippen molar-refractivity contribution in [2.45, 2.75) is 48.6 Å². The van der Waals surface area contributed by atoms with Crippen LogP contribution in [0.5, 0.6) is 0 Å². The highest BCUT2D eigenvalue weighted by Gasteiger charge is 2.29. The number of nitrogens with one attached hydrogen (secondary N) is 2. The van der Waals surface area contributed by atoms with Crippen LogP contribution >= 0.6 is 11.8 Å². The first kappa shape index (κ1) is 21.5. The largest absolute Gasteiger partial charge is 0.326 e. The zero-order valence-electron chi connectivity index (χ0n) is 19.6. The number of amides is 1. The summed E-state index contributed by atoms with van der Waals surface area (Å²) in [6.07, 6.45) is 12.1. The molecule has 2 N–H and O–H groups in total. The number of aromatic amines is 1. The fourth-order valence-electron chi connectivity index (χ4n) is 5.08. The molecule has 36 heavy (non-hydrogen) atoms. The van der Waals surface area contributed by atoms with Gasteiger partial charge in [0.05, 0.1) is 22.9 Å². The van der Waals surface area contributed by atoms with E-state index < -0.39 is 0 Å². The minimum atomic E-state index is 0.119. The molecule has 2 aromatic carbocycles. The van der Waals surface area contributed by atoms with E-state index in [4.69, 9.17) is 4.98 Å². The summed E-state index contributed by atoms with van der Waals surface area (Å²) in [6.45, 7) is 0. The van der Waals surface area contributed by atoms with Crippen molar-refractivity contribution in [2.24, 2.45) is 5.92 Å². The second-order valence-corrected chi connectivity index (χ2v) is 10.6. The minimum absolute atomic E-state index is 0.119. The van der Waals surface area contributed by atoms with Gasteiger partial charge in [-0.2, -0.15) is 5.10 Å². The van der Waals surface area contributed by atoms with Gasteiger partial charge in [-0.1, -0.05) is 0 Å². The normalized spacial score (nSPS) is 15.2. The van der Waals surface area contributed by atoms with Crippen LogP contribution in [0.25, 0.3) is 33.1 Å². The summed E-state index contributed by atoms with van der Waals surface area (Å²) in [5.41, 5.74) is 7.51. The molecule has 0 aliphatic heterocycles. The lowest BCUT2D eigenvalue weighted by Crippen LogP contribution is -2.12. The SMILES string of the molecule is O=C(Nc1ccc(Sc2ncc(-c3nc4ccc5[nH]ncc5c4c4c3CCCC4)cn2)cc1)C1CC1. The zero-order valence-corrected chi connectivity index (χ0v) is 20.4. The molecule has 0 atom stereocenters. The van der Waals surface area contributed by atoms with Crippen molar-refractivity contribution in [3.63, 3.8) is 0 Å². The highest BCUT2D eigenvalue weighted by atomic mass is 32.2. The fourth-order valence-corrected chi connectivity index (χ4v) is 5.77. The van der Waals surface area contributed by atoms with Gasteiger partial charge in [-0.3, -0.25) is 9.89 Å². The molecule has 1 amide bonds. The van der Waals surface area contributed by atoms with Crippen molar-refractivity contribution in [3.05, 3.63) is 66.1 Å². The first-order valence-corrected chi connectivity index (χ1v) is 13.2. The number of carbonyl (C=O) groups is 1. The van der Waals surface area contributed by atoms with Gasteiger partial charge in [0.1, 0.15) is 0 Å². The Bertz CT molecular complexity index is 1610. The molecule has 0 saturated heterocycles. The van der Waals surface area contributed by atoms with Crippen LogP contribution in [-0.2, 0) is 17.6 Å². The van der Waals surface area contributed by atoms with Gasteiger partial charge in [-0.05, 0) is 97.8 Å². The number of H-pyrrole nitrogens is 1. The van der Waals surface area contributed by atoms with E-state index in [9.17, 15) is 4.79 Å². The Hall–Kier alpha value is -3.78. The monoisotopic (exact) mass is 492 g/mol. The van der Waals surface area contributed by atoms with Crippen molar-refractivity contribution in [1.82, 2.24) is 25.1 Å². The quantitative estimate of drug-likeness (QED) is 0.295. The van der Waals surface area contributed by atoms with Crippen molar-refractivity contribution in [3.8, 4) is 11.3 Å². The Kier molecular flexibility index (Phi) is 5.20. The van der Waals surface area contributed by atoms with Crippen molar-refractivity contribution in [1.29, 1.82) is 0 Å². The predicted octanol–water partition coefficient (Wildman–Crippen LogP) is 5.95. The number of pyridine rings is 1. The highest BCUT2D eigenvalue weighted by Crippen LogP contribution is 2.38. The summed E-state index contributed by atoms with van der Waals surface area (Å²) >= 11 is 1.51. The summed E-state index contributed by atoms with van der Waals surface area (Å²) < 4.78 is 0. The minimum Gasteiger partial charge on any atom is -0.326 e. The molecule has 3 heterocycles. The summed E-state index contributed by atoms with van der Waals surface area (Å²) in [5, 5.41) is 13.4. The molecular formula is C28H24N6OS. The van der Waals surface area contributed by atoms with Crippen molar-refractivity contribution in [2.75, 3.05) is 5.32 Å². The summed E-state index contributed by atoms with van der Waals surface area (Å²) in [5.74, 6) is 0.313. The number of carbonyl (C=O) groups excluding carboxylic acids is 1. The topological polar surface area (TPSA) is 96.5 Å². The number of nitrogens with zero attached hydrogens (tertiary/aromatic N) is 4. The van der Waals surface area contributed by atoms with E-state index in [1.807, 2.05) is 42.9 Å². The third kappa shape index (κ3) is 3.91. The predicted molar refractivity (Wildman–Crippen MR) is 141 cm³/mol. The lowest BCUT2D eigenvalue weighted by Gasteiger charge is -2.21. The second kappa shape index (κ2) is 8.71. The molecule has 3 aromatic heterocycles. The Labute approximate surface area is 212 Å².